The van der Waals surface area contributed by atoms with Crippen molar-refractivity contribution in [3.8, 4) is 0 Å². The van der Waals surface area contributed by atoms with E-state index in [2.05, 4.69) is 9.97 Å². The molecule has 2 aromatic carbocycles. The molecule has 0 spiro atoms. The third-order valence-electron chi connectivity index (χ3n) is 3.38. The lowest BCUT2D eigenvalue weighted by Crippen LogP contribution is -2.14. The molecule has 0 radical (unpaired) electrons. The second kappa shape index (κ2) is 6.25. The van der Waals surface area contributed by atoms with Crippen molar-refractivity contribution in [3.63, 3.8) is 0 Å². The zero-order valence-electron chi connectivity index (χ0n) is 12.3. The Kier molecular flexibility index (Phi) is 3.98. The van der Waals surface area contributed by atoms with Gasteiger partial charge in [0, 0.05) is 12.1 Å². The maximum atomic E-state index is 12.2. The highest BCUT2D eigenvalue weighted by molar-refractivity contribution is 6.05. The highest BCUT2D eigenvalue weighted by Crippen LogP contribution is 2.13. The van der Waals surface area contributed by atoms with E-state index in [4.69, 9.17) is 0 Å². The van der Waals surface area contributed by atoms with Crippen LogP contribution in [0.2, 0.25) is 0 Å². The molecule has 0 saturated heterocycles. The van der Waals surface area contributed by atoms with E-state index < -0.39 is 10.7 Å². The molecule has 3 aromatic rings. The highest BCUT2D eigenvalue weighted by Gasteiger charge is 2.09. The predicted octanol–water partition coefficient (Wildman–Crippen LogP) is 2.73. The van der Waals surface area contributed by atoms with Gasteiger partial charge in [0.25, 0.3) is 11.2 Å². The summed E-state index contributed by atoms with van der Waals surface area (Å²) < 4.78 is 0. The summed E-state index contributed by atoms with van der Waals surface area (Å²) in [5, 5.41) is 11.0. The second-order valence-corrected chi connectivity index (χ2v) is 4.98. The van der Waals surface area contributed by atoms with Crippen LogP contribution in [0.4, 0.5) is 5.69 Å². The van der Waals surface area contributed by atoms with Crippen LogP contribution in [0.25, 0.3) is 17.0 Å². The van der Waals surface area contributed by atoms with Crippen molar-refractivity contribution < 1.29 is 9.72 Å². The van der Waals surface area contributed by atoms with Crippen LogP contribution in [0.5, 0.6) is 0 Å². The molecular formula is C17H11N3O4. The number of aromatic nitrogens is 2. The fourth-order valence-corrected chi connectivity index (χ4v) is 2.16. The molecule has 0 aliphatic rings. The Balaban J connectivity index is 1.86. The number of nitro groups is 1. The van der Waals surface area contributed by atoms with E-state index in [-0.39, 0.29) is 17.1 Å². The van der Waals surface area contributed by atoms with Gasteiger partial charge < -0.3 is 4.98 Å². The van der Waals surface area contributed by atoms with Gasteiger partial charge in [-0.15, -0.1) is 0 Å². The first kappa shape index (κ1) is 15.3. The zero-order valence-corrected chi connectivity index (χ0v) is 12.3. The Bertz CT molecular complexity index is 1020. The lowest BCUT2D eigenvalue weighted by molar-refractivity contribution is -0.384. The molecule has 0 unspecified atom stereocenters. The normalized spacial score (nSPS) is 11.0. The molecule has 118 valence electrons. The zero-order chi connectivity index (χ0) is 17.1. The summed E-state index contributed by atoms with van der Waals surface area (Å²) in [6.07, 6.45) is 2.76. The first-order valence-corrected chi connectivity index (χ1v) is 7.00. The molecule has 1 N–H and O–H groups in total. The molecule has 0 aliphatic heterocycles. The van der Waals surface area contributed by atoms with Crippen LogP contribution in [-0.4, -0.2) is 20.7 Å². The van der Waals surface area contributed by atoms with Crippen LogP contribution in [0, 0.1) is 10.1 Å². The minimum atomic E-state index is -0.498. The summed E-state index contributed by atoms with van der Waals surface area (Å²) in [6.45, 7) is 0. The van der Waals surface area contributed by atoms with Crippen LogP contribution < -0.4 is 5.56 Å². The van der Waals surface area contributed by atoms with Crippen LogP contribution in [-0.2, 0) is 0 Å². The number of aromatic amines is 1. The average Bonchev–Trinajstić information content (AvgIpc) is 2.60. The average molecular weight is 321 g/mol. The summed E-state index contributed by atoms with van der Waals surface area (Å²) in [7, 11) is 0. The summed E-state index contributed by atoms with van der Waals surface area (Å²) in [6, 6.07) is 12.5. The Morgan fingerprint density at radius 3 is 2.54 bits per heavy atom. The molecule has 0 saturated carbocycles. The summed E-state index contributed by atoms with van der Waals surface area (Å²) in [5.74, 6) is -0.520. The Morgan fingerprint density at radius 1 is 1.12 bits per heavy atom. The van der Waals surface area contributed by atoms with Gasteiger partial charge in [0.2, 0.25) is 5.78 Å². The minimum Gasteiger partial charge on any atom is -0.303 e. The number of benzene rings is 2. The maximum absolute atomic E-state index is 12.2. The molecule has 1 aromatic heterocycles. The van der Waals surface area contributed by atoms with E-state index >= 15 is 0 Å². The lowest BCUT2D eigenvalue weighted by atomic mass is 10.1. The fraction of sp³-hybridized carbons (Fsp3) is 0. The summed E-state index contributed by atoms with van der Waals surface area (Å²) in [4.78, 5) is 40.8. The Hall–Kier alpha value is -3.61. The van der Waals surface area contributed by atoms with E-state index in [1.807, 2.05) is 0 Å². The van der Waals surface area contributed by atoms with Gasteiger partial charge in [0.05, 0.1) is 15.8 Å². The number of nitro benzene ring substituents is 1. The SMILES string of the molecule is O=C(/C=C/c1ccc([N+](=O)[O-])cc1)c1nc2ccccc2c(=O)[nH]1. The maximum Gasteiger partial charge on any atom is 0.269 e. The molecule has 0 amide bonds. The molecule has 24 heavy (non-hydrogen) atoms. The van der Waals surface area contributed by atoms with Crippen molar-refractivity contribution >= 4 is 28.4 Å². The van der Waals surface area contributed by atoms with Crippen molar-refractivity contribution in [2.24, 2.45) is 0 Å². The van der Waals surface area contributed by atoms with Crippen molar-refractivity contribution in [3.05, 3.63) is 86.5 Å². The number of carbonyl (C=O) groups is 1. The molecule has 0 fully saturated rings. The molecular weight excluding hydrogens is 310 g/mol. The number of carbonyl (C=O) groups excluding carboxylic acids is 1. The first-order valence-electron chi connectivity index (χ1n) is 7.00. The van der Waals surface area contributed by atoms with Gasteiger partial charge in [-0.05, 0) is 35.9 Å². The fourth-order valence-electron chi connectivity index (χ4n) is 2.16. The predicted molar refractivity (Wildman–Crippen MR) is 88.8 cm³/mol. The van der Waals surface area contributed by atoms with Gasteiger partial charge in [-0.2, -0.15) is 0 Å². The molecule has 7 nitrogen and oxygen atoms in total. The van der Waals surface area contributed by atoms with Crippen LogP contribution >= 0.6 is 0 Å². The van der Waals surface area contributed by atoms with Gasteiger partial charge in [0.1, 0.15) is 0 Å². The number of allylic oxidation sites excluding steroid dienone is 1. The quantitative estimate of drug-likeness (QED) is 0.344. The monoisotopic (exact) mass is 321 g/mol. The number of para-hydroxylation sites is 1. The van der Waals surface area contributed by atoms with Crippen LogP contribution in [0.1, 0.15) is 16.2 Å². The third kappa shape index (κ3) is 3.09. The lowest BCUT2D eigenvalue weighted by Gasteiger charge is -1.99. The van der Waals surface area contributed by atoms with E-state index in [9.17, 15) is 19.7 Å². The number of ketones is 1. The third-order valence-corrected chi connectivity index (χ3v) is 3.38. The second-order valence-electron chi connectivity index (χ2n) is 4.98. The number of fused-ring (bicyclic) bond motifs is 1. The number of hydrogen-bond donors (Lipinski definition) is 1. The minimum absolute atomic E-state index is 0.0287. The van der Waals surface area contributed by atoms with E-state index in [1.54, 1.807) is 24.3 Å². The number of H-pyrrole nitrogens is 1. The van der Waals surface area contributed by atoms with Gasteiger partial charge in [-0.3, -0.25) is 19.7 Å². The Morgan fingerprint density at radius 2 is 1.83 bits per heavy atom. The van der Waals surface area contributed by atoms with Gasteiger partial charge in [-0.25, -0.2) is 4.98 Å². The number of rotatable bonds is 4. The molecule has 3 rings (SSSR count). The van der Waals surface area contributed by atoms with Gasteiger partial charge in [0.15, 0.2) is 5.82 Å². The number of non-ortho nitro benzene ring substituents is 1. The molecule has 7 heteroatoms. The summed E-state index contributed by atoms with van der Waals surface area (Å²) >= 11 is 0. The van der Waals surface area contributed by atoms with Crippen molar-refractivity contribution in [2.75, 3.05) is 0 Å². The van der Waals surface area contributed by atoms with E-state index in [0.717, 1.165) is 0 Å². The molecule has 0 aliphatic carbocycles. The number of hydrogen-bond acceptors (Lipinski definition) is 5. The standard InChI is InChI=1S/C17H11N3O4/c21-15(10-7-11-5-8-12(9-6-11)20(23)24)16-18-14-4-2-1-3-13(14)17(22)19-16/h1-10H,(H,18,19,22)/b10-7+. The van der Waals surface area contributed by atoms with Gasteiger partial charge in [-0.1, -0.05) is 18.2 Å². The smallest absolute Gasteiger partial charge is 0.269 e. The summed E-state index contributed by atoms with van der Waals surface area (Å²) in [5.41, 5.74) is 0.650. The van der Waals surface area contributed by atoms with Crippen molar-refractivity contribution in [1.29, 1.82) is 0 Å². The number of nitrogens with one attached hydrogen (secondary N) is 1. The van der Waals surface area contributed by atoms with E-state index in [1.165, 1.54) is 36.4 Å². The molecule has 0 bridgehead atoms. The van der Waals surface area contributed by atoms with Crippen molar-refractivity contribution in [2.45, 2.75) is 0 Å². The van der Waals surface area contributed by atoms with Crippen LogP contribution in [0.15, 0.2) is 59.4 Å². The largest absolute Gasteiger partial charge is 0.303 e. The Labute approximate surface area is 135 Å². The van der Waals surface area contributed by atoms with E-state index in [0.29, 0.717) is 16.5 Å². The van der Waals surface area contributed by atoms with Crippen molar-refractivity contribution in [1.82, 2.24) is 9.97 Å². The van der Waals surface area contributed by atoms with Crippen LogP contribution in [0.3, 0.4) is 0 Å². The topological polar surface area (TPSA) is 106 Å². The van der Waals surface area contributed by atoms with Gasteiger partial charge >= 0.3 is 0 Å². The molecule has 1 heterocycles. The number of nitrogens with zero attached hydrogens (tertiary/aromatic N) is 2. The highest BCUT2D eigenvalue weighted by atomic mass is 16.6. The first-order chi connectivity index (χ1) is 11.5. The molecule has 0 atom stereocenters.